The number of nitrogens with one attached hydrogen (secondary N) is 1. The predicted molar refractivity (Wildman–Crippen MR) is 57.7 cm³/mol. The zero-order chi connectivity index (χ0) is 11.5. The molecule has 84 valence electrons. The van der Waals surface area contributed by atoms with Crippen LogP contribution in [0.25, 0.3) is 11.5 Å². The Bertz CT molecular complexity index is 544. The quantitative estimate of drug-likeness (QED) is 0.797. The van der Waals surface area contributed by atoms with Crippen LogP contribution >= 0.6 is 0 Å². The molecule has 6 nitrogen and oxygen atoms in total. The van der Waals surface area contributed by atoms with Crippen LogP contribution in [0.5, 0.6) is 0 Å². The lowest BCUT2D eigenvalue weighted by Gasteiger charge is -1.96. The van der Waals surface area contributed by atoms with Crippen LogP contribution < -0.4 is 10.9 Å². The first-order chi connectivity index (χ1) is 7.70. The number of aromatic nitrogens is 3. The fourth-order valence-electron chi connectivity index (χ4n) is 1.28. The molecular formula is C10H12N4O2. The molecule has 0 atom stereocenters. The summed E-state index contributed by atoms with van der Waals surface area (Å²) in [6.45, 7) is 0.536. The van der Waals surface area contributed by atoms with E-state index in [1.165, 1.54) is 10.6 Å². The van der Waals surface area contributed by atoms with Gasteiger partial charge < -0.3 is 14.4 Å². The van der Waals surface area contributed by atoms with E-state index in [1.54, 1.807) is 26.4 Å². The highest BCUT2D eigenvalue weighted by Crippen LogP contribution is 2.14. The lowest BCUT2D eigenvalue weighted by atomic mass is 10.2. The van der Waals surface area contributed by atoms with Crippen molar-refractivity contribution < 1.29 is 4.52 Å². The summed E-state index contributed by atoms with van der Waals surface area (Å²) < 4.78 is 6.53. The summed E-state index contributed by atoms with van der Waals surface area (Å²) in [6.07, 6.45) is 1.67. The van der Waals surface area contributed by atoms with Crippen molar-refractivity contribution in [1.29, 1.82) is 0 Å². The molecule has 2 aromatic heterocycles. The molecule has 0 radical (unpaired) electrons. The van der Waals surface area contributed by atoms with Crippen LogP contribution in [0.4, 0.5) is 0 Å². The Morgan fingerprint density at radius 3 is 3.06 bits per heavy atom. The molecule has 0 spiro atoms. The van der Waals surface area contributed by atoms with Crippen molar-refractivity contribution in [1.82, 2.24) is 20.0 Å². The molecule has 1 N–H and O–H groups in total. The fourth-order valence-corrected chi connectivity index (χ4v) is 1.28. The van der Waals surface area contributed by atoms with E-state index in [0.29, 0.717) is 23.8 Å². The molecular weight excluding hydrogens is 208 g/mol. The Kier molecular flexibility index (Phi) is 2.82. The summed E-state index contributed by atoms with van der Waals surface area (Å²) in [5, 5.41) is 6.70. The Hall–Kier alpha value is -1.95. The normalized spacial score (nSPS) is 10.6. The predicted octanol–water partition coefficient (Wildman–Crippen LogP) is 0.155. The molecule has 0 saturated carbocycles. The van der Waals surface area contributed by atoms with Crippen molar-refractivity contribution >= 4 is 0 Å². The summed E-state index contributed by atoms with van der Waals surface area (Å²) >= 11 is 0. The number of rotatable bonds is 3. The van der Waals surface area contributed by atoms with Crippen molar-refractivity contribution in [2.24, 2.45) is 7.05 Å². The highest BCUT2D eigenvalue weighted by atomic mass is 16.5. The topological polar surface area (TPSA) is 73.0 Å². The van der Waals surface area contributed by atoms with Crippen LogP contribution in [-0.4, -0.2) is 21.8 Å². The van der Waals surface area contributed by atoms with Crippen molar-refractivity contribution in [3.8, 4) is 11.5 Å². The average Bonchev–Trinajstić information content (AvgIpc) is 2.71. The van der Waals surface area contributed by atoms with E-state index in [2.05, 4.69) is 15.5 Å². The number of hydrogen-bond acceptors (Lipinski definition) is 5. The van der Waals surface area contributed by atoms with Gasteiger partial charge in [-0.2, -0.15) is 4.98 Å². The molecule has 0 amide bonds. The minimum atomic E-state index is -0.106. The van der Waals surface area contributed by atoms with E-state index in [9.17, 15) is 4.79 Å². The standard InChI is InChI=1S/C10H12N4O2/c1-11-6-8-12-10(16-13-8)7-3-4-14(2)9(15)5-7/h3-5,11H,6H2,1-2H3. The molecule has 0 unspecified atom stereocenters. The van der Waals surface area contributed by atoms with Crippen molar-refractivity contribution in [2.75, 3.05) is 7.05 Å². The molecule has 6 heteroatoms. The van der Waals surface area contributed by atoms with Gasteiger partial charge in [0.1, 0.15) is 0 Å². The van der Waals surface area contributed by atoms with E-state index in [4.69, 9.17) is 4.52 Å². The van der Waals surface area contributed by atoms with Crippen molar-refractivity contribution in [3.05, 3.63) is 34.5 Å². The highest BCUT2D eigenvalue weighted by Gasteiger charge is 2.08. The summed E-state index contributed by atoms with van der Waals surface area (Å²) in [6, 6.07) is 3.23. The zero-order valence-corrected chi connectivity index (χ0v) is 9.10. The number of nitrogens with zero attached hydrogens (tertiary/aromatic N) is 3. The van der Waals surface area contributed by atoms with Gasteiger partial charge in [0.25, 0.3) is 11.4 Å². The fraction of sp³-hybridized carbons (Fsp3) is 0.300. The third kappa shape index (κ3) is 2.01. The van der Waals surface area contributed by atoms with Crippen molar-refractivity contribution in [2.45, 2.75) is 6.54 Å². The summed E-state index contributed by atoms with van der Waals surface area (Å²) in [5.74, 6) is 0.932. The average molecular weight is 220 g/mol. The van der Waals surface area contributed by atoms with E-state index in [1.807, 2.05) is 0 Å². The van der Waals surface area contributed by atoms with Crippen LogP contribution in [0.3, 0.4) is 0 Å². The third-order valence-electron chi connectivity index (χ3n) is 2.15. The van der Waals surface area contributed by atoms with Gasteiger partial charge in [-0.25, -0.2) is 0 Å². The van der Waals surface area contributed by atoms with Gasteiger partial charge in [-0.1, -0.05) is 5.16 Å². The molecule has 2 heterocycles. The minimum absolute atomic E-state index is 0.106. The molecule has 0 aromatic carbocycles. The Labute approximate surface area is 91.9 Å². The maximum absolute atomic E-state index is 11.4. The van der Waals surface area contributed by atoms with Crippen LogP contribution in [0.15, 0.2) is 27.6 Å². The van der Waals surface area contributed by atoms with Crippen LogP contribution in [0, 0.1) is 0 Å². The maximum atomic E-state index is 11.4. The lowest BCUT2D eigenvalue weighted by Crippen LogP contribution is -2.14. The van der Waals surface area contributed by atoms with Gasteiger partial charge in [0.15, 0.2) is 5.82 Å². The molecule has 0 bridgehead atoms. The second kappa shape index (κ2) is 4.28. The summed E-state index contributed by atoms with van der Waals surface area (Å²) in [4.78, 5) is 15.6. The SMILES string of the molecule is CNCc1noc(-c2ccn(C)c(=O)c2)n1. The number of pyridine rings is 1. The van der Waals surface area contributed by atoms with E-state index in [0.717, 1.165) is 0 Å². The summed E-state index contributed by atoms with van der Waals surface area (Å²) in [5.41, 5.74) is 0.531. The monoisotopic (exact) mass is 220 g/mol. The first-order valence-corrected chi connectivity index (χ1v) is 4.85. The number of aryl methyl sites for hydroxylation is 1. The Morgan fingerprint density at radius 2 is 2.38 bits per heavy atom. The van der Waals surface area contributed by atoms with Crippen LogP contribution in [0.2, 0.25) is 0 Å². The van der Waals surface area contributed by atoms with E-state index < -0.39 is 0 Å². The van der Waals surface area contributed by atoms with Gasteiger partial charge in [0.2, 0.25) is 0 Å². The Morgan fingerprint density at radius 1 is 1.56 bits per heavy atom. The van der Waals surface area contributed by atoms with Gasteiger partial charge in [-0.15, -0.1) is 0 Å². The first-order valence-electron chi connectivity index (χ1n) is 4.85. The minimum Gasteiger partial charge on any atom is -0.334 e. The van der Waals surface area contributed by atoms with E-state index in [-0.39, 0.29) is 5.56 Å². The zero-order valence-electron chi connectivity index (χ0n) is 9.10. The molecule has 2 aromatic rings. The molecule has 0 aliphatic rings. The third-order valence-corrected chi connectivity index (χ3v) is 2.15. The first kappa shape index (κ1) is 10.6. The van der Waals surface area contributed by atoms with Crippen LogP contribution in [-0.2, 0) is 13.6 Å². The van der Waals surface area contributed by atoms with Crippen LogP contribution in [0.1, 0.15) is 5.82 Å². The van der Waals surface area contributed by atoms with Gasteiger partial charge in [-0.3, -0.25) is 4.79 Å². The maximum Gasteiger partial charge on any atom is 0.258 e. The van der Waals surface area contributed by atoms with Gasteiger partial charge in [0.05, 0.1) is 6.54 Å². The molecule has 0 aliphatic heterocycles. The smallest absolute Gasteiger partial charge is 0.258 e. The van der Waals surface area contributed by atoms with E-state index >= 15 is 0 Å². The number of hydrogen-bond donors (Lipinski definition) is 1. The van der Waals surface area contributed by atoms with Crippen molar-refractivity contribution in [3.63, 3.8) is 0 Å². The van der Waals surface area contributed by atoms with Gasteiger partial charge >= 0.3 is 0 Å². The summed E-state index contributed by atoms with van der Waals surface area (Å²) in [7, 11) is 3.49. The molecule has 0 aliphatic carbocycles. The highest BCUT2D eigenvalue weighted by molar-refractivity contribution is 5.51. The molecule has 0 fully saturated rings. The largest absolute Gasteiger partial charge is 0.334 e. The molecule has 2 rings (SSSR count). The second-order valence-corrected chi connectivity index (χ2v) is 3.41. The van der Waals surface area contributed by atoms with Gasteiger partial charge in [-0.05, 0) is 13.1 Å². The lowest BCUT2D eigenvalue weighted by molar-refractivity contribution is 0.420. The molecule has 0 saturated heterocycles. The van der Waals surface area contributed by atoms with Gasteiger partial charge in [0, 0.05) is 24.9 Å². The molecule has 16 heavy (non-hydrogen) atoms. The second-order valence-electron chi connectivity index (χ2n) is 3.41. The Balaban J connectivity index is 2.35.